The fraction of sp³-hybridized carbons (Fsp3) is 0.350. The number of nitrogens with zero attached hydrogens (tertiary/aromatic N) is 2. The van der Waals surface area contributed by atoms with Crippen molar-refractivity contribution >= 4 is 6.09 Å². The van der Waals surface area contributed by atoms with E-state index in [2.05, 4.69) is 29.2 Å². The number of rotatable bonds is 3. The highest BCUT2D eigenvalue weighted by molar-refractivity contribution is 5.65. The minimum Gasteiger partial charge on any atom is -0.485 e. The molecule has 26 heavy (non-hydrogen) atoms. The van der Waals surface area contributed by atoms with Gasteiger partial charge in [-0.2, -0.15) is 0 Å². The molecule has 2 aromatic carbocycles. The number of carboxylic acid groups (broad SMARTS) is 1. The first kappa shape index (κ1) is 16.7. The maximum atomic E-state index is 11.0. The van der Waals surface area contributed by atoms with Crippen LogP contribution in [0.2, 0.25) is 0 Å². The molecule has 1 N–H and O–H groups in total. The maximum Gasteiger partial charge on any atom is 0.407 e. The van der Waals surface area contributed by atoms with Gasteiger partial charge in [0, 0.05) is 32.7 Å². The fourth-order valence-electron chi connectivity index (χ4n) is 3.38. The third kappa shape index (κ3) is 3.60. The second kappa shape index (κ2) is 7.25. The molecule has 6 nitrogen and oxygen atoms in total. The third-order valence-electron chi connectivity index (χ3n) is 4.91. The monoisotopic (exact) mass is 354 g/mol. The Hall–Kier alpha value is -2.73. The van der Waals surface area contributed by atoms with E-state index >= 15 is 0 Å². The highest BCUT2D eigenvalue weighted by Crippen LogP contribution is 2.35. The van der Waals surface area contributed by atoms with Crippen molar-refractivity contribution in [3.05, 3.63) is 59.7 Å². The van der Waals surface area contributed by atoms with E-state index in [4.69, 9.17) is 14.6 Å². The van der Waals surface area contributed by atoms with Gasteiger partial charge in [0.25, 0.3) is 0 Å². The zero-order chi connectivity index (χ0) is 17.9. The first-order valence-electron chi connectivity index (χ1n) is 8.86. The van der Waals surface area contributed by atoms with E-state index in [1.54, 1.807) is 0 Å². The van der Waals surface area contributed by atoms with Crippen LogP contribution < -0.4 is 9.47 Å². The molecule has 4 rings (SSSR count). The average Bonchev–Trinajstić information content (AvgIpc) is 2.68. The molecular weight excluding hydrogens is 332 g/mol. The van der Waals surface area contributed by atoms with Crippen molar-refractivity contribution in [2.24, 2.45) is 0 Å². The standard InChI is InChI=1S/C20H22N2O4/c23-20(24)22-11-9-21(10-12-22)13-15-5-7-16(8-6-15)19-14-25-17-3-1-2-4-18(17)26-19/h1-8,19H,9-14H2,(H,23,24). The van der Waals surface area contributed by atoms with Gasteiger partial charge in [-0.3, -0.25) is 4.90 Å². The molecular formula is C20H22N2O4. The van der Waals surface area contributed by atoms with Gasteiger partial charge >= 0.3 is 6.09 Å². The van der Waals surface area contributed by atoms with Gasteiger partial charge in [-0.15, -0.1) is 0 Å². The largest absolute Gasteiger partial charge is 0.485 e. The second-order valence-electron chi connectivity index (χ2n) is 6.65. The van der Waals surface area contributed by atoms with Gasteiger partial charge in [-0.1, -0.05) is 36.4 Å². The van der Waals surface area contributed by atoms with Gasteiger partial charge in [0.2, 0.25) is 0 Å². The molecule has 1 amide bonds. The molecule has 2 heterocycles. The van der Waals surface area contributed by atoms with Crippen LogP contribution in [-0.2, 0) is 6.54 Å². The summed E-state index contributed by atoms with van der Waals surface area (Å²) in [4.78, 5) is 14.7. The van der Waals surface area contributed by atoms with Gasteiger partial charge in [0.15, 0.2) is 17.6 Å². The van der Waals surface area contributed by atoms with Crippen molar-refractivity contribution in [1.29, 1.82) is 0 Å². The number of ether oxygens (including phenoxy) is 2. The number of amides is 1. The minimum absolute atomic E-state index is 0.0990. The summed E-state index contributed by atoms with van der Waals surface area (Å²) in [6.07, 6.45) is -0.927. The van der Waals surface area contributed by atoms with Crippen LogP contribution in [-0.4, -0.2) is 53.8 Å². The summed E-state index contributed by atoms with van der Waals surface area (Å²) in [5, 5.41) is 9.02. The molecule has 136 valence electrons. The lowest BCUT2D eigenvalue weighted by atomic mass is 10.1. The van der Waals surface area contributed by atoms with Crippen molar-refractivity contribution in [3.8, 4) is 11.5 Å². The summed E-state index contributed by atoms with van der Waals surface area (Å²) in [7, 11) is 0. The van der Waals surface area contributed by atoms with E-state index < -0.39 is 6.09 Å². The zero-order valence-electron chi connectivity index (χ0n) is 14.5. The highest BCUT2D eigenvalue weighted by Gasteiger charge is 2.23. The molecule has 0 saturated carbocycles. The van der Waals surface area contributed by atoms with Crippen LogP contribution in [0, 0.1) is 0 Å². The summed E-state index contributed by atoms with van der Waals surface area (Å²) < 4.78 is 11.8. The van der Waals surface area contributed by atoms with Crippen LogP contribution in [0.1, 0.15) is 17.2 Å². The summed E-state index contributed by atoms with van der Waals surface area (Å²) >= 11 is 0. The number of benzene rings is 2. The molecule has 1 atom stereocenters. The van der Waals surface area contributed by atoms with Crippen molar-refractivity contribution in [1.82, 2.24) is 9.80 Å². The first-order chi connectivity index (χ1) is 12.7. The van der Waals surface area contributed by atoms with E-state index in [0.717, 1.165) is 36.7 Å². The Bertz CT molecular complexity index is 770. The molecule has 0 radical (unpaired) electrons. The maximum absolute atomic E-state index is 11.0. The number of piperazine rings is 1. The predicted molar refractivity (Wildman–Crippen MR) is 96.6 cm³/mol. The van der Waals surface area contributed by atoms with Crippen molar-refractivity contribution in [3.63, 3.8) is 0 Å². The Labute approximate surface area is 152 Å². The van der Waals surface area contributed by atoms with Crippen LogP contribution >= 0.6 is 0 Å². The van der Waals surface area contributed by atoms with E-state index in [-0.39, 0.29) is 6.10 Å². The number of para-hydroxylation sites is 2. The van der Waals surface area contributed by atoms with Crippen LogP contribution in [0.15, 0.2) is 48.5 Å². The SMILES string of the molecule is O=C(O)N1CCN(Cc2ccc(C3COc4ccccc4O3)cc2)CC1. The van der Waals surface area contributed by atoms with Crippen molar-refractivity contribution < 1.29 is 19.4 Å². The zero-order valence-corrected chi connectivity index (χ0v) is 14.5. The molecule has 2 aliphatic rings. The van der Waals surface area contributed by atoms with Gasteiger partial charge in [-0.05, 0) is 23.3 Å². The third-order valence-corrected chi connectivity index (χ3v) is 4.91. The van der Waals surface area contributed by atoms with Gasteiger partial charge in [0.05, 0.1) is 0 Å². The van der Waals surface area contributed by atoms with Crippen molar-refractivity contribution in [2.75, 3.05) is 32.8 Å². The first-order valence-corrected chi connectivity index (χ1v) is 8.86. The number of carbonyl (C=O) groups is 1. The van der Waals surface area contributed by atoms with E-state index in [0.29, 0.717) is 19.7 Å². The molecule has 1 saturated heterocycles. The summed E-state index contributed by atoms with van der Waals surface area (Å²) in [5.74, 6) is 1.57. The minimum atomic E-state index is -0.828. The molecule has 6 heteroatoms. The smallest absolute Gasteiger partial charge is 0.407 e. The van der Waals surface area contributed by atoms with E-state index in [1.165, 1.54) is 10.5 Å². The molecule has 0 aliphatic carbocycles. The Balaban J connectivity index is 1.35. The highest BCUT2D eigenvalue weighted by atomic mass is 16.6. The summed E-state index contributed by atoms with van der Waals surface area (Å²) in [6.45, 7) is 4.01. The molecule has 1 unspecified atom stereocenters. The number of fused-ring (bicyclic) bond motifs is 1. The molecule has 1 fully saturated rings. The lowest BCUT2D eigenvalue weighted by Gasteiger charge is -2.33. The van der Waals surface area contributed by atoms with Crippen LogP contribution in [0.5, 0.6) is 11.5 Å². The molecule has 0 spiro atoms. The molecule has 2 aliphatic heterocycles. The molecule has 0 aromatic heterocycles. The Morgan fingerprint density at radius 1 is 1.00 bits per heavy atom. The van der Waals surface area contributed by atoms with Gasteiger partial charge in [0.1, 0.15) is 6.61 Å². The Morgan fingerprint density at radius 2 is 1.69 bits per heavy atom. The Kier molecular flexibility index (Phi) is 4.67. The summed E-state index contributed by atoms with van der Waals surface area (Å²) in [5.41, 5.74) is 2.31. The van der Waals surface area contributed by atoms with Crippen LogP contribution in [0.25, 0.3) is 0 Å². The predicted octanol–water partition coefficient (Wildman–Crippen LogP) is 2.99. The molecule has 2 aromatic rings. The number of hydrogen-bond acceptors (Lipinski definition) is 4. The number of hydrogen-bond donors (Lipinski definition) is 1. The fourth-order valence-corrected chi connectivity index (χ4v) is 3.38. The average molecular weight is 354 g/mol. The van der Waals surface area contributed by atoms with Crippen LogP contribution in [0.3, 0.4) is 0 Å². The lowest BCUT2D eigenvalue weighted by Crippen LogP contribution is -2.47. The van der Waals surface area contributed by atoms with Gasteiger partial charge < -0.3 is 19.5 Å². The van der Waals surface area contributed by atoms with E-state index in [1.807, 2.05) is 24.3 Å². The second-order valence-corrected chi connectivity index (χ2v) is 6.65. The Morgan fingerprint density at radius 3 is 2.38 bits per heavy atom. The molecule has 0 bridgehead atoms. The topological polar surface area (TPSA) is 62.2 Å². The van der Waals surface area contributed by atoms with Gasteiger partial charge in [-0.25, -0.2) is 4.79 Å². The quantitative estimate of drug-likeness (QED) is 0.918. The lowest BCUT2D eigenvalue weighted by molar-refractivity contribution is 0.0912. The normalized spacial score (nSPS) is 20.0. The van der Waals surface area contributed by atoms with Crippen molar-refractivity contribution in [2.45, 2.75) is 12.6 Å². The van der Waals surface area contributed by atoms with E-state index in [9.17, 15) is 4.79 Å². The summed E-state index contributed by atoms with van der Waals surface area (Å²) in [6, 6.07) is 16.1. The van der Waals surface area contributed by atoms with Crippen LogP contribution in [0.4, 0.5) is 4.79 Å².